The Hall–Kier alpha value is -1.91. The van der Waals surface area contributed by atoms with E-state index in [2.05, 4.69) is 11.3 Å². The van der Waals surface area contributed by atoms with Crippen molar-refractivity contribution in [2.24, 2.45) is 0 Å². The van der Waals surface area contributed by atoms with Gasteiger partial charge in [-0.15, -0.1) is 6.58 Å². The molecule has 0 fully saturated rings. The number of sulfonamides is 1. The van der Waals surface area contributed by atoms with Gasteiger partial charge in [-0.25, -0.2) is 13.1 Å². The zero-order valence-electron chi connectivity index (χ0n) is 12.0. The average Bonchev–Trinajstić information content (AvgIpc) is 2.48. The molecule has 0 aliphatic carbocycles. The fraction of sp³-hybridized carbons (Fsp3) is 0.176. The fourth-order valence-corrected chi connectivity index (χ4v) is 3.36. The largest absolute Gasteiger partial charge is 0.241 e. The van der Waals surface area contributed by atoms with Crippen LogP contribution in [0.3, 0.4) is 0 Å². The highest BCUT2D eigenvalue weighted by Crippen LogP contribution is 2.23. The molecule has 110 valence electrons. The first kappa shape index (κ1) is 15.5. The van der Waals surface area contributed by atoms with Crippen LogP contribution >= 0.6 is 0 Å². The molecule has 0 bridgehead atoms. The zero-order valence-corrected chi connectivity index (χ0v) is 12.8. The van der Waals surface area contributed by atoms with Crippen LogP contribution in [0.1, 0.15) is 24.9 Å². The summed E-state index contributed by atoms with van der Waals surface area (Å²) in [7, 11) is -3.54. The van der Waals surface area contributed by atoms with Gasteiger partial charge in [0.2, 0.25) is 10.0 Å². The predicted octanol–water partition coefficient (Wildman–Crippen LogP) is 3.67. The first-order chi connectivity index (χ1) is 9.99. The molecule has 1 N–H and O–H groups in total. The van der Waals surface area contributed by atoms with Crippen LogP contribution in [-0.4, -0.2) is 8.42 Å². The average molecular weight is 301 g/mol. The summed E-state index contributed by atoms with van der Waals surface area (Å²) in [4.78, 5) is 0.271. The number of nitrogens with one attached hydrogen (secondary N) is 1. The number of hydrogen-bond acceptors (Lipinski definition) is 2. The van der Waals surface area contributed by atoms with E-state index in [1.54, 1.807) is 30.3 Å². The molecule has 0 heterocycles. The summed E-state index contributed by atoms with van der Waals surface area (Å²) >= 11 is 0. The summed E-state index contributed by atoms with van der Waals surface area (Å²) in [6.45, 7) is 5.78. The highest BCUT2D eigenvalue weighted by Gasteiger charge is 2.21. The Bertz CT molecular complexity index is 694. The Morgan fingerprint density at radius 1 is 1.05 bits per heavy atom. The third kappa shape index (κ3) is 4.28. The van der Waals surface area contributed by atoms with Gasteiger partial charge in [0.05, 0.1) is 10.9 Å². The summed E-state index contributed by atoms with van der Waals surface area (Å²) in [5, 5.41) is 0. The van der Waals surface area contributed by atoms with E-state index >= 15 is 0 Å². The minimum Gasteiger partial charge on any atom is -0.207 e. The minimum atomic E-state index is -3.54. The van der Waals surface area contributed by atoms with Crippen molar-refractivity contribution in [1.29, 1.82) is 0 Å². The highest BCUT2D eigenvalue weighted by molar-refractivity contribution is 7.89. The molecule has 2 aromatic rings. The summed E-state index contributed by atoms with van der Waals surface area (Å²) in [6, 6.07) is 17.6. The fourth-order valence-electron chi connectivity index (χ4n) is 2.12. The van der Waals surface area contributed by atoms with Crippen LogP contribution in [0.15, 0.2) is 77.7 Å². The number of hydrogen-bond donors (Lipinski definition) is 1. The summed E-state index contributed by atoms with van der Waals surface area (Å²) in [5.41, 5.74) is 1.86. The summed E-state index contributed by atoms with van der Waals surface area (Å²) in [6.07, 6.45) is 0.566. The summed E-state index contributed by atoms with van der Waals surface area (Å²) < 4.78 is 27.7. The first-order valence-electron chi connectivity index (χ1n) is 6.76. The van der Waals surface area contributed by atoms with Crippen LogP contribution in [0.25, 0.3) is 0 Å². The van der Waals surface area contributed by atoms with E-state index in [4.69, 9.17) is 0 Å². The van der Waals surface area contributed by atoms with Gasteiger partial charge in [0, 0.05) is 0 Å². The molecule has 0 saturated carbocycles. The molecule has 4 heteroatoms. The molecule has 0 aliphatic heterocycles. The van der Waals surface area contributed by atoms with Crippen LogP contribution in [-0.2, 0) is 10.0 Å². The molecule has 2 rings (SSSR count). The van der Waals surface area contributed by atoms with E-state index in [-0.39, 0.29) is 10.9 Å². The SMILES string of the molecule is C=C(C)CC(NS(=O)(=O)c1ccccc1)c1ccccc1. The topological polar surface area (TPSA) is 46.2 Å². The molecule has 0 saturated heterocycles. The molecule has 0 radical (unpaired) electrons. The molecular weight excluding hydrogens is 282 g/mol. The summed E-state index contributed by atoms with van der Waals surface area (Å²) in [5.74, 6) is 0. The Balaban J connectivity index is 2.29. The normalized spacial score (nSPS) is 12.8. The maximum Gasteiger partial charge on any atom is 0.241 e. The van der Waals surface area contributed by atoms with Crippen LogP contribution in [0.2, 0.25) is 0 Å². The van der Waals surface area contributed by atoms with Crippen molar-refractivity contribution in [3.8, 4) is 0 Å². The molecule has 1 unspecified atom stereocenters. The Kier molecular flexibility index (Phi) is 4.94. The molecule has 3 nitrogen and oxygen atoms in total. The second-order valence-electron chi connectivity index (χ2n) is 5.06. The number of rotatable bonds is 6. The standard InChI is InChI=1S/C17H19NO2S/c1-14(2)13-17(15-9-5-3-6-10-15)18-21(19,20)16-11-7-4-8-12-16/h3-12,17-18H,1,13H2,2H3. The van der Waals surface area contributed by atoms with Gasteiger partial charge < -0.3 is 0 Å². The molecule has 1 atom stereocenters. The third-order valence-corrected chi connectivity index (χ3v) is 4.59. The maximum atomic E-state index is 12.5. The van der Waals surface area contributed by atoms with Gasteiger partial charge in [0.1, 0.15) is 0 Å². The maximum absolute atomic E-state index is 12.5. The Morgan fingerprint density at radius 3 is 2.10 bits per heavy atom. The Morgan fingerprint density at radius 2 is 1.57 bits per heavy atom. The third-order valence-electron chi connectivity index (χ3n) is 3.11. The molecular formula is C17H19NO2S. The van der Waals surface area contributed by atoms with Gasteiger partial charge in [0.25, 0.3) is 0 Å². The molecule has 0 aromatic heterocycles. The molecule has 0 spiro atoms. The van der Waals surface area contributed by atoms with Crippen molar-refractivity contribution >= 4 is 10.0 Å². The van der Waals surface area contributed by atoms with Crippen molar-refractivity contribution < 1.29 is 8.42 Å². The van der Waals surface area contributed by atoms with E-state index in [1.165, 1.54) is 0 Å². The van der Waals surface area contributed by atoms with Crippen molar-refractivity contribution in [3.05, 3.63) is 78.4 Å². The lowest BCUT2D eigenvalue weighted by molar-refractivity contribution is 0.554. The van der Waals surface area contributed by atoms with Crippen LogP contribution in [0.5, 0.6) is 0 Å². The van der Waals surface area contributed by atoms with Crippen molar-refractivity contribution in [3.63, 3.8) is 0 Å². The van der Waals surface area contributed by atoms with E-state index in [0.717, 1.165) is 11.1 Å². The van der Waals surface area contributed by atoms with Crippen molar-refractivity contribution in [2.75, 3.05) is 0 Å². The van der Waals surface area contributed by atoms with Gasteiger partial charge in [-0.05, 0) is 31.0 Å². The zero-order chi connectivity index (χ0) is 15.3. The number of benzene rings is 2. The van der Waals surface area contributed by atoms with E-state index in [9.17, 15) is 8.42 Å². The predicted molar refractivity (Wildman–Crippen MR) is 85.4 cm³/mol. The lowest BCUT2D eigenvalue weighted by atomic mass is 10.0. The van der Waals surface area contributed by atoms with Crippen LogP contribution < -0.4 is 4.72 Å². The van der Waals surface area contributed by atoms with Gasteiger partial charge >= 0.3 is 0 Å². The molecule has 2 aromatic carbocycles. The Labute approximate surface area is 126 Å². The first-order valence-corrected chi connectivity index (χ1v) is 8.24. The van der Waals surface area contributed by atoms with Crippen molar-refractivity contribution in [2.45, 2.75) is 24.3 Å². The minimum absolute atomic E-state index is 0.271. The van der Waals surface area contributed by atoms with E-state index in [1.807, 2.05) is 37.3 Å². The monoisotopic (exact) mass is 301 g/mol. The van der Waals surface area contributed by atoms with Crippen LogP contribution in [0.4, 0.5) is 0 Å². The van der Waals surface area contributed by atoms with Gasteiger partial charge in [-0.3, -0.25) is 0 Å². The van der Waals surface area contributed by atoms with E-state index in [0.29, 0.717) is 6.42 Å². The second-order valence-corrected chi connectivity index (χ2v) is 6.77. The lowest BCUT2D eigenvalue weighted by Gasteiger charge is -2.19. The van der Waals surface area contributed by atoms with Crippen LogP contribution in [0, 0.1) is 0 Å². The molecule has 21 heavy (non-hydrogen) atoms. The lowest BCUT2D eigenvalue weighted by Crippen LogP contribution is -2.28. The quantitative estimate of drug-likeness (QED) is 0.827. The highest BCUT2D eigenvalue weighted by atomic mass is 32.2. The van der Waals surface area contributed by atoms with Crippen molar-refractivity contribution in [1.82, 2.24) is 4.72 Å². The molecule has 0 amide bonds. The van der Waals surface area contributed by atoms with Gasteiger partial charge in [0.15, 0.2) is 0 Å². The second kappa shape index (κ2) is 6.70. The van der Waals surface area contributed by atoms with E-state index < -0.39 is 10.0 Å². The smallest absolute Gasteiger partial charge is 0.207 e. The molecule has 0 aliphatic rings. The van der Waals surface area contributed by atoms with Gasteiger partial charge in [-0.2, -0.15) is 0 Å². The van der Waals surface area contributed by atoms with Gasteiger partial charge in [-0.1, -0.05) is 54.1 Å².